The molecular formula is C12H11N5OS. The van der Waals surface area contributed by atoms with E-state index in [2.05, 4.69) is 24.2 Å². The van der Waals surface area contributed by atoms with Crippen LogP contribution >= 0.6 is 11.7 Å². The number of anilines is 1. The van der Waals surface area contributed by atoms with E-state index in [1.165, 1.54) is 24.6 Å². The number of hydrogen-bond donors (Lipinski definition) is 1. The van der Waals surface area contributed by atoms with Gasteiger partial charge in [-0.3, -0.25) is 0 Å². The molecule has 1 aliphatic carbocycles. The summed E-state index contributed by atoms with van der Waals surface area (Å²) in [7, 11) is 0. The van der Waals surface area contributed by atoms with Gasteiger partial charge in [0.2, 0.25) is 5.89 Å². The average Bonchev–Trinajstić information content (AvgIpc) is 3.01. The predicted octanol–water partition coefficient (Wildman–Crippen LogP) is 2.56. The van der Waals surface area contributed by atoms with Crippen molar-refractivity contribution in [2.45, 2.75) is 25.3 Å². The van der Waals surface area contributed by atoms with Crippen molar-refractivity contribution >= 4 is 28.4 Å². The van der Waals surface area contributed by atoms with E-state index in [1.54, 1.807) is 0 Å². The highest BCUT2D eigenvalue weighted by Crippen LogP contribution is 2.38. The van der Waals surface area contributed by atoms with Gasteiger partial charge in [0.05, 0.1) is 18.3 Å². The van der Waals surface area contributed by atoms with Crippen molar-refractivity contribution < 1.29 is 4.52 Å². The Morgan fingerprint density at radius 1 is 1.26 bits per heavy atom. The molecule has 19 heavy (non-hydrogen) atoms. The van der Waals surface area contributed by atoms with Crippen molar-refractivity contribution in [1.29, 1.82) is 0 Å². The SMILES string of the molecule is c1cc2nsnc2cc1NCc1noc(C2CC2)n1. The topological polar surface area (TPSA) is 76.7 Å². The normalized spacial score (nSPS) is 14.9. The van der Waals surface area contributed by atoms with Crippen molar-refractivity contribution in [3.05, 3.63) is 29.9 Å². The van der Waals surface area contributed by atoms with Crippen molar-refractivity contribution in [1.82, 2.24) is 18.9 Å². The average molecular weight is 273 g/mol. The minimum absolute atomic E-state index is 0.499. The second-order valence-corrected chi connectivity index (χ2v) is 5.17. The summed E-state index contributed by atoms with van der Waals surface area (Å²) in [5, 5.41) is 7.24. The van der Waals surface area contributed by atoms with E-state index in [4.69, 9.17) is 4.52 Å². The molecule has 3 aromatic rings. The van der Waals surface area contributed by atoms with Crippen LogP contribution < -0.4 is 5.32 Å². The predicted molar refractivity (Wildman–Crippen MR) is 71.0 cm³/mol. The van der Waals surface area contributed by atoms with E-state index >= 15 is 0 Å². The second kappa shape index (κ2) is 4.27. The number of nitrogens with zero attached hydrogens (tertiary/aromatic N) is 4. The monoisotopic (exact) mass is 273 g/mol. The van der Waals surface area contributed by atoms with Gasteiger partial charge in [-0.25, -0.2) is 0 Å². The molecule has 7 heteroatoms. The highest BCUT2D eigenvalue weighted by Gasteiger charge is 2.29. The van der Waals surface area contributed by atoms with E-state index in [0.717, 1.165) is 22.6 Å². The van der Waals surface area contributed by atoms with Crippen LogP contribution in [-0.2, 0) is 6.54 Å². The lowest BCUT2D eigenvalue weighted by Crippen LogP contribution is -2.01. The Morgan fingerprint density at radius 3 is 3.05 bits per heavy atom. The summed E-state index contributed by atoms with van der Waals surface area (Å²) in [6.07, 6.45) is 2.34. The molecule has 0 bridgehead atoms. The minimum atomic E-state index is 0.499. The van der Waals surface area contributed by atoms with Crippen LogP contribution in [0.25, 0.3) is 11.0 Å². The molecule has 0 unspecified atom stereocenters. The molecule has 4 rings (SSSR count). The Hall–Kier alpha value is -2.02. The van der Waals surface area contributed by atoms with Gasteiger partial charge in [0.1, 0.15) is 11.0 Å². The Bertz CT molecular complexity index is 718. The van der Waals surface area contributed by atoms with Gasteiger partial charge in [-0.1, -0.05) is 5.16 Å². The first-order valence-electron chi connectivity index (χ1n) is 6.17. The quantitative estimate of drug-likeness (QED) is 0.787. The summed E-state index contributed by atoms with van der Waals surface area (Å²) in [5.74, 6) is 1.97. The van der Waals surface area contributed by atoms with Crippen LogP contribution in [0.5, 0.6) is 0 Å². The molecule has 2 heterocycles. The number of nitrogens with one attached hydrogen (secondary N) is 1. The van der Waals surface area contributed by atoms with Gasteiger partial charge in [0, 0.05) is 11.6 Å². The van der Waals surface area contributed by atoms with Crippen molar-refractivity contribution in [2.24, 2.45) is 0 Å². The van der Waals surface area contributed by atoms with Gasteiger partial charge in [0.25, 0.3) is 0 Å². The van der Waals surface area contributed by atoms with Gasteiger partial charge in [-0.2, -0.15) is 13.7 Å². The Kier molecular flexibility index (Phi) is 2.44. The maximum Gasteiger partial charge on any atom is 0.229 e. The molecule has 1 saturated carbocycles. The maximum absolute atomic E-state index is 5.21. The zero-order valence-corrected chi connectivity index (χ0v) is 10.9. The number of benzene rings is 1. The van der Waals surface area contributed by atoms with Crippen LogP contribution in [0.1, 0.15) is 30.5 Å². The first kappa shape index (κ1) is 10.9. The summed E-state index contributed by atoms with van der Waals surface area (Å²) in [6, 6.07) is 5.90. The molecule has 0 aliphatic heterocycles. The standard InChI is InChI=1S/C12H11N5OS/c1-2-7(1)12-14-11(15-18-12)6-13-8-3-4-9-10(5-8)17-19-16-9/h3-5,7,13H,1-2,6H2. The van der Waals surface area contributed by atoms with Crippen molar-refractivity contribution in [3.63, 3.8) is 0 Å². The number of fused-ring (bicyclic) bond motifs is 1. The minimum Gasteiger partial charge on any atom is -0.378 e. The van der Waals surface area contributed by atoms with Crippen LogP contribution in [0.2, 0.25) is 0 Å². The Morgan fingerprint density at radius 2 is 2.16 bits per heavy atom. The molecule has 96 valence electrons. The number of aromatic nitrogens is 4. The molecule has 6 nitrogen and oxygen atoms in total. The summed E-state index contributed by atoms with van der Waals surface area (Å²) in [5.41, 5.74) is 2.81. The number of hydrogen-bond acceptors (Lipinski definition) is 7. The largest absolute Gasteiger partial charge is 0.378 e. The molecule has 0 atom stereocenters. The third-order valence-corrected chi connectivity index (χ3v) is 3.67. The van der Waals surface area contributed by atoms with E-state index < -0.39 is 0 Å². The molecule has 1 aromatic carbocycles. The third-order valence-electron chi connectivity index (χ3n) is 3.11. The summed E-state index contributed by atoms with van der Waals surface area (Å²) in [6.45, 7) is 0.555. The maximum atomic E-state index is 5.21. The molecule has 1 aliphatic rings. The van der Waals surface area contributed by atoms with Gasteiger partial charge in [-0.05, 0) is 31.0 Å². The molecule has 2 aromatic heterocycles. The molecule has 1 N–H and O–H groups in total. The van der Waals surface area contributed by atoms with E-state index in [0.29, 0.717) is 18.3 Å². The lowest BCUT2D eigenvalue weighted by molar-refractivity contribution is 0.374. The number of rotatable bonds is 4. The fourth-order valence-corrected chi connectivity index (χ4v) is 2.43. The molecule has 0 radical (unpaired) electrons. The molecule has 0 saturated heterocycles. The fraction of sp³-hybridized carbons (Fsp3) is 0.333. The Labute approximate surface area is 113 Å². The van der Waals surface area contributed by atoms with Gasteiger partial charge >= 0.3 is 0 Å². The van der Waals surface area contributed by atoms with E-state index in [-0.39, 0.29) is 0 Å². The van der Waals surface area contributed by atoms with Crippen molar-refractivity contribution in [2.75, 3.05) is 5.32 Å². The zero-order chi connectivity index (χ0) is 12.7. The Balaban J connectivity index is 1.47. The smallest absolute Gasteiger partial charge is 0.229 e. The van der Waals surface area contributed by atoms with Crippen LogP contribution in [-0.4, -0.2) is 18.9 Å². The molecular weight excluding hydrogens is 262 g/mol. The van der Waals surface area contributed by atoms with E-state index in [1.807, 2.05) is 18.2 Å². The fourth-order valence-electron chi connectivity index (χ4n) is 1.91. The lowest BCUT2D eigenvalue weighted by Gasteiger charge is -2.02. The second-order valence-electron chi connectivity index (χ2n) is 4.64. The van der Waals surface area contributed by atoms with Crippen LogP contribution in [0.3, 0.4) is 0 Å². The lowest BCUT2D eigenvalue weighted by atomic mass is 10.3. The van der Waals surface area contributed by atoms with Crippen LogP contribution in [0.15, 0.2) is 22.7 Å². The van der Waals surface area contributed by atoms with Crippen LogP contribution in [0, 0.1) is 0 Å². The molecule has 0 spiro atoms. The molecule has 0 amide bonds. The van der Waals surface area contributed by atoms with E-state index in [9.17, 15) is 0 Å². The zero-order valence-electron chi connectivity index (χ0n) is 10.0. The first-order chi connectivity index (χ1) is 9.38. The highest BCUT2D eigenvalue weighted by molar-refractivity contribution is 7.00. The van der Waals surface area contributed by atoms with Crippen molar-refractivity contribution in [3.8, 4) is 0 Å². The van der Waals surface area contributed by atoms with Gasteiger partial charge in [-0.15, -0.1) is 0 Å². The summed E-state index contributed by atoms with van der Waals surface area (Å²) >= 11 is 1.22. The summed E-state index contributed by atoms with van der Waals surface area (Å²) in [4.78, 5) is 4.37. The van der Waals surface area contributed by atoms with Gasteiger partial charge in [0.15, 0.2) is 5.82 Å². The highest BCUT2D eigenvalue weighted by atomic mass is 32.1. The van der Waals surface area contributed by atoms with Gasteiger partial charge < -0.3 is 9.84 Å². The molecule has 1 fully saturated rings. The summed E-state index contributed by atoms with van der Waals surface area (Å²) < 4.78 is 13.6. The first-order valence-corrected chi connectivity index (χ1v) is 6.90. The third kappa shape index (κ3) is 2.17. The van der Waals surface area contributed by atoms with Crippen LogP contribution in [0.4, 0.5) is 5.69 Å².